The molecule has 0 aliphatic carbocycles. The van der Waals surface area contributed by atoms with Crippen molar-refractivity contribution in [1.82, 2.24) is 15.3 Å². The average Bonchev–Trinajstić information content (AvgIpc) is 3.03. The van der Waals surface area contributed by atoms with E-state index in [0.717, 1.165) is 42.3 Å². The Balaban J connectivity index is 0.00000160. The summed E-state index contributed by atoms with van der Waals surface area (Å²) in [5.41, 5.74) is 8.70. The van der Waals surface area contributed by atoms with Crippen molar-refractivity contribution in [1.29, 1.82) is 0 Å². The van der Waals surface area contributed by atoms with Crippen LogP contribution in [0.1, 0.15) is 28.8 Å². The molecule has 0 spiro atoms. The van der Waals surface area contributed by atoms with Crippen LogP contribution in [0.15, 0.2) is 58.9 Å². The van der Waals surface area contributed by atoms with E-state index in [4.69, 9.17) is 0 Å². The fourth-order valence-electron chi connectivity index (χ4n) is 3.18. The molecule has 1 aliphatic heterocycles. The Labute approximate surface area is 198 Å². The number of aromatic nitrogens is 2. The van der Waals surface area contributed by atoms with Crippen LogP contribution in [0, 0.1) is 6.92 Å². The minimum atomic E-state index is 0. The van der Waals surface area contributed by atoms with Crippen molar-refractivity contribution in [3.8, 4) is 0 Å². The minimum absolute atomic E-state index is 0. The van der Waals surface area contributed by atoms with Crippen molar-refractivity contribution < 1.29 is 21.4 Å². The molecule has 0 amide bonds. The summed E-state index contributed by atoms with van der Waals surface area (Å²) >= 11 is 0. The molecular weight excluding hydrogens is 508 g/mol. The smallest absolute Gasteiger partial charge is 0.286 e. The van der Waals surface area contributed by atoms with Gasteiger partial charge in [0.05, 0.1) is 19.5 Å². The molecule has 0 radical (unpaired) electrons. The number of pyridine rings is 1. The fourth-order valence-corrected chi connectivity index (χ4v) is 3.18. The molecule has 3 aromatic rings. The van der Waals surface area contributed by atoms with Crippen molar-refractivity contribution in [2.75, 3.05) is 13.1 Å². The Bertz CT molecular complexity index is 1070. The highest BCUT2D eigenvalue weighted by molar-refractivity contribution is 8.93. The number of rotatable bonds is 4. The van der Waals surface area contributed by atoms with E-state index in [2.05, 4.69) is 105 Å². The maximum absolute atomic E-state index is 4.32. The molecule has 0 bridgehead atoms. The lowest BCUT2D eigenvalue weighted by atomic mass is 10.1. The van der Waals surface area contributed by atoms with Gasteiger partial charge in [-0.2, -0.15) is 5.10 Å². The molecule has 3 heterocycles. The zero-order chi connectivity index (χ0) is 19.3. The molecule has 2 aromatic heterocycles. The number of hydrogen-bond acceptors (Lipinski definition) is 4. The Morgan fingerprint density at radius 1 is 1.10 bits per heavy atom. The molecular formula is C22H26Br2N6. The van der Waals surface area contributed by atoms with Gasteiger partial charge in [0.2, 0.25) is 5.96 Å². The molecule has 1 aliphatic rings. The number of nitrogens with one attached hydrogen (secondary N) is 2. The van der Waals surface area contributed by atoms with Crippen molar-refractivity contribution >= 4 is 47.0 Å². The van der Waals surface area contributed by atoms with E-state index in [1.165, 1.54) is 11.2 Å². The van der Waals surface area contributed by atoms with Gasteiger partial charge in [-0.15, -0.1) is 17.0 Å². The number of hydrazone groups is 1. The van der Waals surface area contributed by atoms with Crippen molar-refractivity contribution in [2.45, 2.75) is 13.3 Å². The van der Waals surface area contributed by atoms with Crippen LogP contribution in [0.4, 0.5) is 0 Å². The fraction of sp³-hybridized carbons (Fsp3) is 0.227. The Kier molecular flexibility index (Phi) is 8.80. The molecule has 0 saturated heterocycles. The molecule has 2 N–H and O–H groups in total. The first-order chi connectivity index (χ1) is 13.7. The molecule has 8 heteroatoms. The summed E-state index contributed by atoms with van der Waals surface area (Å²) in [7, 11) is 2.09. The van der Waals surface area contributed by atoms with E-state index in [1.807, 2.05) is 0 Å². The van der Waals surface area contributed by atoms with E-state index < -0.39 is 0 Å². The minimum Gasteiger partial charge on any atom is -1.00 e. The molecule has 30 heavy (non-hydrogen) atoms. The first-order valence-electron chi connectivity index (χ1n) is 9.52. The highest BCUT2D eigenvalue weighted by Gasteiger charge is 2.11. The lowest BCUT2D eigenvalue weighted by Gasteiger charge is -2.12. The summed E-state index contributed by atoms with van der Waals surface area (Å²) in [6.45, 7) is 3.90. The number of guanidine groups is 1. The second kappa shape index (κ2) is 11.1. The van der Waals surface area contributed by atoms with E-state index in [-0.39, 0.29) is 34.0 Å². The van der Waals surface area contributed by atoms with Gasteiger partial charge in [-0.25, -0.2) is 14.4 Å². The average molecular weight is 534 g/mol. The van der Waals surface area contributed by atoms with Crippen LogP contribution in [-0.2, 0) is 7.05 Å². The van der Waals surface area contributed by atoms with E-state index in [9.17, 15) is 0 Å². The summed E-state index contributed by atoms with van der Waals surface area (Å²) in [6, 6.07) is 12.6. The number of aliphatic imine (C=N–C) groups is 1. The normalized spacial score (nSPS) is 13.6. The number of imidazole rings is 1. The van der Waals surface area contributed by atoms with Crippen LogP contribution in [0.2, 0.25) is 0 Å². The molecule has 4 rings (SSSR count). The second-order valence-corrected chi connectivity index (χ2v) is 6.97. The van der Waals surface area contributed by atoms with Gasteiger partial charge in [0.25, 0.3) is 5.65 Å². The first kappa shape index (κ1) is 23.8. The third-order valence-electron chi connectivity index (χ3n) is 4.77. The summed E-state index contributed by atoms with van der Waals surface area (Å²) in [6.07, 6.45) is 11.4. The zero-order valence-electron chi connectivity index (χ0n) is 17.0. The largest absolute Gasteiger partial charge is 1.00 e. The van der Waals surface area contributed by atoms with E-state index in [0.29, 0.717) is 0 Å². The summed E-state index contributed by atoms with van der Waals surface area (Å²) < 4.78 is 4.34. The predicted octanol–water partition coefficient (Wildman–Crippen LogP) is 0.0973. The van der Waals surface area contributed by atoms with Crippen LogP contribution in [-0.4, -0.2) is 29.8 Å². The summed E-state index contributed by atoms with van der Waals surface area (Å²) in [4.78, 5) is 4.32. The third kappa shape index (κ3) is 5.79. The predicted molar refractivity (Wildman–Crippen MR) is 125 cm³/mol. The number of hydrogen-bond donors (Lipinski definition) is 2. The van der Waals surface area contributed by atoms with Gasteiger partial charge >= 0.3 is 0 Å². The van der Waals surface area contributed by atoms with Gasteiger partial charge in [-0.3, -0.25) is 4.99 Å². The number of halogens is 2. The quantitative estimate of drug-likeness (QED) is 0.284. The van der Waals surface area contributed by atoms with E-state index in [1.54, 1.807) is 6.21 Å². The number of fused-ring (bicyclic) bond motifs is 1. The van der Waals surface area contributed by atoms with Gasteiger partial charge in [-0.1, -0.05) is 30.3 Å². The van der Waals surface area contributed by atoms with Gasteiger partial charge in [0.1, 0.15) is 6.20 Å². The number of benzene rings is 1. The van der Waals surface area contributed by atoms with Gasteiger partial charge in [-0.05, 0) is 42.2 Å². The molecule has 0 unspecified atom stereocenters. The monoisotopic (exact) mass is 532 g/mol. The van der Waals surface area contributed by atoms with Crippen molar-refractivity contribution in [3.05, 3.63) is 71.2 Å². The van der Waals surface area contributed by atoms with Gasteiger partial charge in [0.15, 0.2) is 5.69 Å². The highest BCUT2D eigenvalue weighted by atomic mass is 79.9. The maximum Gasteiger partial charge on any atom is 0.286 e. The maximum atomic E-state index is 4.32. The van der Waals surface area contributed by atoms with Crippen LogP contribution >= 0.6 is 17.0 Å². The standard InChI is InChI=1S/C22H25N6.2BrH/c1-17-4-11-21-27(2)20(16-28(21)15-17)10-9-18-5-7-19(8-6-18)14-25-26-22-23-12-3-13-24-22;;/h4-11,14-16H,3,12-13H2,1-2H3,(H2,23,24,26);2*1H/q+1;;/p-1/b10-9+,25-14+;;. The second-order valence-electron chi connectivity index (χ2n) is 6.97. The number of nitrogens with zero attached hydrogens (tertiary/aromatic N) is 4. The SMILES string of the molecule is Br.Cc1ccc2n(C)c(/C=C/c3ccc(/C=N/NC4=NCCCN4)cc3)c[n+]2c1.[Br-]. The van der Waals surface area contributed by atoms with Crippen molar-refractivity contribution in [3.63, 3.8) is 0 Å². The summed E-state index contributed by atoms with van der Waals surface area (Å²) in [5.74, 6) is 0.741. The number of aryl methyl sites for hydroxylation is 2. The third-order valence-corrected chi connectivity index (χ3v) is 4.77. The summed E-state index contributed by atoms with van der Waals surface area (Å²) in [5, 5.41) is 7.42. The lowest BCUT2D eigenvalue weighted by molar-refractivity contribution is -0.511. The molecule has 0 saturated carbocycles. The molecule has 0 atom stereocenters. The Morgan fingerprint density at radius 2 is 1.87 bits per heavy atom. The van der Waals surface area contributed by atoms with Crippen LogP contribution in [0.5, 0.6) is 0 Å². The molecule has 158 valence electrons. The topological polar surface area (TPSA) is 57.8 Å². The van der Waals surface area contributed by atoms with Gasteiger partial charge < -0.3 is 22.3 Å². The van der Waals surface area contributed by atoms with Gasteiger partial charge in [0, 0.05) is 19.2 Å². The van der Waals surface area contributed by atoms with Crippen molar-refractivity contribution in [2.24, 2.45) is 17.1 Å². The zero-order valence-corrected chi connectivity index (χ0v) is 20.3. The molecule has 6 nitrogen and oxygen atoms in total. The van der Waals surface area contributed by atoms with Crippen LogP contribution in [0.3, 0.4) is 0 Å². The Morgan fingerprint density at radius 3 is 2.60 bits per heavy atom. The molecule has 1 aromatic carbocycles. The van der Waals surface area contributed by atoms with Crippen LogP contribution < -0.4 is 32.1 Å². The first-order valence-corrected chi connectivity index (χ1v) is 9.52. The highest BCUT2D eigenvalue weighted by Crippen LogP contribution is 2.11. The Hall–Kier alpha value is -2.45. The van der Waals surface area contributed by atoms with E-state index >= 15 is 0 Å². The van der Waals surface area contributed by atoms with Crippen LogP contribution in [0.25, 0.3) is 17.8 Å². The lowest BCUT2D eigenvalue weighted by Crippen LogP contribution is -3.00. The molecule has 0 fully saturated rings.